The van der Waals surface area contributed by atoms with Crippen LogP contribution in [0, 0.1) is 11.3 Å². The minimum Gasteiger partial charge on any atom is -0.497 e. The summed E-state index contributed by atoms with van der Waals surface area (Å²) >= 11 is 6.41. The molecule has 3 aliphatic heterocycles. The first-order valence-corrected chi connectivity index (χ1v) is 24.4. The number of morpholine rings is 1. The highest BCUT2D eigenvalue weighted by molar-refractivity contribution is 7.44. The topological polar surface area (TPSA) is 156 Å². The summed E-state index contributed by atoms with van der Waals surface area (Å²) in [6.07, 6.45) is 3.83. The third kappa shape index (κ3) is 10.3. The average molecular weight is 974 g/mol. The van der Waals surface area contributed by atoms with Crippen molar-refractivity contribution in [1.29, 1.82) is 5.26 Å². The van der Waals surface area contributed by atoms with Gasteiger partial charge < -0.3 is 43.1 Å². The molecule has 3 aliphatic rings. The maximum absolute atomic E-state index is 13.3. The summed E-state index contributed by atoms with van der Waals surface area (Å²) < 4.78 is 42.8. The molecule has 17 heteroatoms. The number of halogens is 1. The summed E-state index contributed by atoms with van der Waals surface area (Å²) in [4.78, 5) is 31.8. The van der Waals surface area contributed by atoms with Crippen LogP contribution in [0.25, 0.3) is 0 Å². The van der Waals surface area contributed by atoms with E-state index in [1.807, 2.05) is 103 Å². The maximum atomic E-state index is 13.3. The molecule has 2 bridgehead atoms. The van der Waals surface area contributed by atoms with Gasteiger partial charge in [0.05, 0.1) is 63.9 Å². The molecule has 1 amide bonds. The fourth-order valence-electron chi connectivity index (χ4n) is 9.30. The smallest absolute Gasteiger partial charge is 0.259 e. The lowest BCUT2D eigenvalue weighted by atomic mass is 9.79. The average Bonchev–Trinajstić information content (AvgIpc) is 3.84. The van der Waals surface area contributed by atoms with Gasteiger partial charge in [-0.25, -0.2) is 19.6 Å². The van der Waals surface area contributed by atoms with Gasteiger partial charge in [0, 0.05) is 29.4 Å². The number of benzene rings is 4. The molecule has 69 heavy (non-hydrogen) atoms. The van der Waals surface area contributed by atoms with Gasteiger partial charge in [0.15, 0.2) is 6.23 Å². The van der Waals surface area contributed by atoms with E-state index in [4.69, 9.17) is 54.6 Å². The number of amidine groups is 1. The third-order valence-electron chi connectivity index (χ3n) is 12.4. The predicted octanol–water partition coefficient (Wildman–Crippen LogP) is 9.11. The Kier molecular flexibility index (Phi) is 15.6. The zero-order valence-corrected chi connectivity index (χ0v) is 41.5. The largest absolute Gasteiger partial charge is 0.497 e. The minimum atomic E-state index is -1.81. The number of aromatic nitrogens is 2. The third-order valence-corrected chi connectivity index (χ3v) is 14.7. The number of amides is 1. The van der Waals surface area contributed by atoms with Gasteiger partial charge in [-0.3, -0.25) is 4.79 Å². The van der Waals surface area contributed by atoms with Crippen LogP contribution in [0.2, 0.25) is 5.02 Å². The molecule has 2 saturated heterocycles. The van der Waals surface area contributed by atoms with Crippen LogP contribution in [-0.2, 0) is 24.1 Å². The number of hydrogen-bond donors (Lipinski definition) is 1. The summed E-state index contributed by atoms with van der Waals surface area (Å²) in [5.41, 5.74) is 1.36. The molecular formula is C52H58ClN8O7P. The summed E-state index contributed by atoms with van der Waals surface area (Å²) in [5, 5.41) is 13.0. The molecule has 1 aromatic heterocycles. The van der Waals surface area contributed by atoms with E-state index in [2.05, 4.69) is 60.8 Å². The molecule has 0 saturated carbocycles. The lowest BCUT2D eigenvalue weighted by Crippen LogP contribution is -2.56. The molecule has 360 valence electrons. The molecule has 8 rings (SSSR count). The van der Waals surface area contributed by atoms with Gasteiger partial charge in [-0.05, 0) is 87.7 Å². The zero-order valence-electron chi connectivity index (χ0n) is 39.9. The van der Waals surface area contributed by atoms with E-state index in [0.29, 0.717) is 33.9 Å². The molecule has 0 aliphatic carbocycles. The number of nitrogens with zero attached hydrogens (tertiary/aromatic N) is 7. The molecular weight excluding hydrogens is 915 g/mol. The summed E-state index contributed by atoms with van der Waals surface area (Å²) in [5.74, 6) is 2.01. The Morgan fingerprint density at radius 1 is 0.913 bits per heavy atom. The van der Waals surface area contributed by atoms with Crippen molar-refractivity contribution in [2.75, 3.05) is 45.5 Å². The molecule has 1 N–H and O–H groups in total. The number of anilines is 1. The normalized spacial score (nSPS) is 20.5. The number of carbonyl (C=O) groups is 1. The zero-order chi connectivity index (χ0) is 48.7. The van der Waals surface area contributed by atoms with E-state index >= 15 is 0 Å². The number of carbonyl (C=O) groups excluding carboxylic acids is 1. The number of hydrogen-bond acceptors (Lipinski definition) is 14. The van der Waals surface area contributed by atoms with Gasteiger partial charge >= 0.3 is 0 Å². The summed E-state index contributed by atoms with van der Waals surface area (Å²) in [6, 6.07) is 36.6. The van der Waals surface area contributed by atoms with Gasteiger partial charge in [-0.2, -0.15) is 5.26 Å². The lowest BCUT2D eigenvalue weighted by molar-refractivity contribution is -0.164. The molecule has 0 radical (unpaired) electrons. The van der Waals surface area contributed by atoms with Crippen molar-refractivity contribution in [2.24, 2.45) is 4.99 Å². The summed E-state index contributed by atoms with van der Waals surface area (Å²) in [7, 11) is 1.48. The van der Waals surface area contributed by atoms with Gasteiger partial charge in [0.2, 0.25) is 5.95 Å². The number of ether oxygens (including phenoxy) is 4. The number of aliphatic imine (C=N–C) groups is 1. The number of fused-ring (bicyclic) bond motifs is 2. The molecule has 4 aromatic carbocycles. The van der Waals surface area contributed by atoms with Crippen LogP contribution < -0.4 is 19.7 Å². The van der Waals surface area contributed by atoms with Crippen molar-refractivity contribution in [2.45, 2.75) is 82.7 Å². The Morgan fingerprint density at radius 3 is 2.04 bits per heavy atom. The molecule has 1 unspecified atom stereocenters. The van der Waals surface area contributed by atoms with E-state index in [1.165, 1.54) is 0 Å². The van der Waals surface area contributed by atoms with E-state index in [9.17, 15) is 10.1 Å². The highest BCUT2D eigenvalue weighted by atomic mass is 35.5. The van der Waals surface area contributed by atoms with Crippen LogP contribution in [-0.4, -0.2) is 108 Å². The van der Waals surface area contributed by atoms with Crippen LogP contribution >= 0.6 is 20.1 Å². The fourth-order valence-corrected chi connectivity index (χ4v) is 11.2. The first-order valence-electron chi connectivity index (χ1n) is 22.9. The lowest BCUT2D eigenvalue weighted by Gasteiger charge is -2.43. The monoisotopic (exact) mass is 972 g/mol. The SMILES string of the molecule is COc1ccc(C(OC[C@@]23CN(c4ncc(Cl)cn4)[C@@H]([C@H](N4C=C(C)C(NC(=O)c5ccccc5)=NC4)O2)[C@@H]3OP(OCCC#N)N(C(C)C)C(C)C)(c2ccccc2)c2ccc(OC)cc2)cc1. The van der Waals surface area contributed by atoms with E-state index in [1.54, 1.807) is 38.7 Å². The number of methoxy groups -OCH3 is 2. The van der Waals surface area contributed by atoms with Crippen molar-refractivity contribution < 1.29 is 32.8 Å². The first-order chi connectivity index (χ1) is 33.4. The Morgan fingerprint density at radius 2 is 1.49 bits per heavy atom. The van der Waals surface area contributed by atoms with E-state index in [0.717, 1.165) is 22.3 Å². The van der Waals surface area contributed by atoms with E-state index < -0.39 is 38.1 Å². The minimum absolute atomic E-state index is 0.00930. The van der Waals surface area contributed by atoms with Crippen molar-refractivity contribution in [3.63, 3.8) is 0 Å². The highest BCUT2D eigenvalue weighted by Gasteiger charge is 2.68. The van der Waals surface area contributed by atoms with Crippen LogP contribution in [0.4, 0.5) is 5.95 Å². The molecule has 4 heterocycles. The molecule has 5 aromatic rings. The molecule has 2 fully saturated rings. The van der Waals surface area contributed by atoms with Crippen molar-refractivity contribution in [1.82, 2.24) is 24.9 Å². The second kappa shape index (κ2) is 21.8. The van der Waals surface area contributed by atoms with Crippen LogP contribution in [0.1, 0.15) is 68.1 Å². The quantitative estimate of drug-likeness (QED) is 0.0476. The molecule has 0 spiro atoms. The van der Waals surface area contributed by atoms with Crippen molar-refractivity contribution in [3.8, 4) is 17.6 Å². The van der Waals surface area contributed by atoms with Crippen LogP contribution in [0.3, 0.4) is 0 Å². The molecule has 15 nitrogen and oxygen atoms in total. The van der Waals surface area contributed by atoms with Gasteiger partial charge in [-0.15, -0.1) is 0 Å². The maximum Gasteiger partial charge on any atom is 0.259 e. The van der Waals surface area contributed by atoms with Crippen LogP contribution in [0.5, 0.6) is 11.5 Å². The number of nitrogens with one attached hydrogen (secondary N) is 1. The van der Waals surface area contributed by atoms with Gasteiger partial charge in [-0.1, -0.05) is 84.4 Å². The van der Waals surface area contributed by atoms with E-state index in [-0.39, 0.29) is 50.8 Å². The Labute approximate surface area is 410 Å². The van der Waals surface area contributed by atoms with Crippen molar-refractivity contribution >= 4 is 37.8 Å². The fraction of sp³-hybridized carbons (Fsp3) is 0.365. The first kappa shape index (κ1) is 49.5. The standard InChI is InChI=1S/C52H58ClN8O7P/c1-35(2)61(36(3)4)69(66-28-14-27-54)68-46-45-49(59-31-37(5)47(57-34-59)58-48(62)38-15-10-8-11-16-38)67-51(46,32-60(45)50-55-29-42(53)30-56-50)33-65-52(39-17-12-9-13-18-39,40-19-23-43(63-6)24-20-40)41-21-25-44(64-7)26-22-41/h8-13,15-26,29-31,35-36,45-46,49H,14,28,32-34H2,1-7H3,(H,57,58,62)/t45-,46+,49-,51-,69?/m1/s1. The number of nitriles is 1. The Bertz CT molecular complexity index is 2570. The second-order valence-electron chi connectivity index (χ2n) is 17.6. The Balaban J connectivity index is 1.27. The van der Waals surface area contributed by atoms with Crippen molar-refractivity contribution in [3.05, 3.63) is 161 Å². The van der Waals surface area contributed by atoms with Gasteiger partial charge in [0.1, 0.15) is 47.4 Å². The van der Waals surface area contributed by atoms with Gasteiger partial charge in [0.25, 0.3) is 14.4 Å². The Hall–Kier alpha value is -5.95. The number of rotatable bonds is 19. The second-order valence-corrected chi connectivity index (χ2v) is 19.4. The van der Waals surface area contributed by atoms with Crippen LogP contribution in [0.15, 0.2) is 138 Å². The predicted molar refractivity (Wildman–Crippen MR) is 266 cm³/mol. The highest BCUT2D eigenvalue weighted by Crippen LogP contribution is 2.56. The summed E-state index contributed by atoms with van der Waals surface area (Å²) in [6.45, 7) is 10.9. The molecule has 5 atom stereocenters.